The summed E-state index contributed by atoms with van der Waals surface area (Å²) < 4.78 is 27.8. The average Bonchev–Trinajstić information content (AvgIpc) is 2.38. The van der Waals surface area contributed by atoms with Crippen LogP contribution in [0.1, 0.15) is 21.5 Å². The maximum atomic E-state index is 13.7. The maximum absolute atomic E-state index is 13.7. The van der Waals surface area contributed by atoms with Gasteiger partial charge in [0.25, 0.3) is 0 Å². The van der Waals surface area contributed by atoms with Crippen molar-refractivity contribution in [1.82, 2.24) is 0 Å². The van der Waals surface area contributed by atoms with Gasteiger partial charge in [0.2, 0.25) is 0 Å². The van der Waals surface area contributed by atoms with Crippen molar-refractivity contribution in [2.24, 2.45) is 0 Å². The first-order valence-corrected chi connectivity index (χ1v) is 7.53. The first kappa shape index (κ1) is 14.7. The lowest BCUT2D eigenvalue weighted by Crippen LogP contribution is -2.01. The second-order valence-electron chi connectivity index (χ2n) is 4.39. The summed E-state index contributed by atoms with van der Waals surface area (Å²) in [5.74, 6) is -1.57. The van der Waals surface area contributed by atoms with Crippen LogP contribution in [-0.2, 0) is 6.42 Å². The lowest BCUT2D eigenvalue weighted by Gasteiger charge is -2.14. The molecule has 0 nitrogen and oxygen atoms in total. The van der Waals surface area contributed by atoms with Crippen molar-refractivity contribution in [3.63, 3.8) is 0 Å². The van der Waals surface area contributed by atoms with E-state index in [-0.39, 0.29) is 4.83 Å². The van der Waals surface area contributed by atoms with E-state index in [9.17, 15) is 8.78 Å². The standard InChI is InChI=1S/C15H12Br2F2/c1-9-5-6-11(16)8-12(9)13(17)7-10-3-2-4-14(18)15(10)19/h2-6,8,13H,7H2,1H3. The van der Waals surface area contributed by atoms with Gasteiger partial charge in [-0.05, 0) is 48.2 Å². The Morgan fingerprint density at radius 2 is 1.89 bits per heavy atom. The van der Waals surface area contributed by atoms with Crippen molar-refractivity contribution >= 4 is 31.9 Å². The largest absolute Gasteiger partial charge is 0.204 e. The van der Waals surface area contributed by atoms with Crippen LogP contribution in [-0.4, -0.2) is 0 Å². The number of hydrogen-bond donors (Lipinski definition) is 0. The fourth-order valence-corrected chi connectivity index (χ4v) is 3.18. The summed E-state index contributed by atoms with van der Waals surface area (Å²) in [5, 5.41) is 0. The van der Waals surface area contributed by atoms with Crippen LogP contribution in [0.5, 0.6) is 0 Å². The summed E-state index contributed by atoms with van der Waals surface area (Å²) >= 11 is 6.98. The van der Waals surface area contributed by atoms with Gasteiger partial charge in [-0.25, -0.2) is 8.78 Å². The van der Waals surface area contributed by atoms with Crippen LogP contribution >= 0.6 is 31.9 Å². The van der Waals surface area contributed by atoms with Gasteiger partial charge in [0.15, 0.2) is 11.6 Å². The third kappa shape index (κ3) is 3.42. The third-order valence-electron chi connectivity index (χ3n) is 3.01. The molecule has 2 rings (SSSR count). The molecule has 0 saturated heterocycles. The van der Waals surface area contributed by atoms with E-state index in [4.69, 9.17) is 0 Å². The van der Waals surface area contributed by atoms with E-state index in [1.54, 1.807) is 6.07 Å². The first-order valence-electron chi connectivity index (χ1n) is 5.82. The number of alkyl halides is 1. The van der Waals surface area contributed by atoms with Gasteiger partial charge in [-0.15, -0.1) is 0 Å². The molecule has 19 heavy (non-hydrogen) atoms. The molecule has 1 unspecified atom stereocenters. The van der Waals surface area contributed by atoms with Crippen LogP contribution in [0.4, 0.5) is 8.78 Å². The van der Waals surface area contributed by atoms with E-state index in [0.717, 1.165) is 21.7 Å². The fraction of sp³-hybridized carbons (Fsp3) is 0.200. The van der Waals surface area contributed by atoms with Crippen LogP contribution in [0, 0.1) is 18.6 Å². The lowest BCUT2D eigenvalue weighted by atomic mass is 10.00. The molecule has 0 aliphatic heterocycles. The van der Waals surface area contributed by atoms with Gasteiger partial charge < -0.3 is 0 Å². The Bertz CT molecular complexity index is 597. The van der Waals surface area contributed by atoms with Crippen molar-refractivity contribution in [2.45, 2.75) is 18.2 Å². The van der Waals surface area contributed by atoms with Crippen LogP contribution in [0.2, 0.25) is 0 Å². The number of aryl methyl sites for hydroxylation is 1. The predicted octanol–water partition coefficient (Wildman–Crippen LogP) is 5.71. The van der Waals surface area contributed by atoms with Crippen molar-refractivity contribution in [2.75, 3.05) is 0 Å². The van der Waals surface area contributed by atoms with Crippen LogP contribution in [0.3, 0.4) is 0 Å². The number of hydrogen-bond acceptors (Lipinski definition) is 0. The zero-order valence-corrected chi connectivity index (χ0v) is 13.4. The molecule has 0 amide bonds. The topological polar surface area (TPSA) is 0 Å². The highest BCUT2D eigenvalue weighted by Gasteiger charge is 2.15. The molecule has 2 aromatic rings. The Hall–Kier alpha value is -0.740. The normalized spacial score (nSPS) is 12.5. The Balaban J connectivity index is 2.28. The van der Waals surface area contributed by atoms with Gasteiger partial charge >= 0.3 is 0 Å². The zero-order chi connectivity index (χ0) is 14.0. The molecular formula is C15H12Br2F2. The summed E-state index contributed by atoms with van der Waals surface area (Å²) in [5.41, 5.74) is 2.56. The Kier molecular flexibility index (Phi) is 4.74. The molecule has 1 atom stereocenters. The fourth-order valence-electron chi connectivity index (χ4n) is 1.96. The minimum Gasteiger partial charge on any atom is -0.204 e. The highest BCUT2D eigenvalue weighted by atomic mass is 79.9. The molecule has 2 aromatic carbocycles. The molecule has 0 bridgehead atoms. The van der Waals surface area contributed by atoms with Gasteiger partial charge in [-0.2, -0.15) is 0 Å². The minimum atomic E-state index is -0.803. The molecule has 0 aromatic heterocycles. The summed E-state index contributed by atoms with van der Waals surface area (Å²) in [6.45, 7) is 2.00. The smallest absolute Gasteiger partial charge is 0.162 e. The molecule has 0 aliphatic carbocycles. The Morgan fingerprint density at radius 1 is 1.16 bits per heavy atom. The van der Waals surface area contributed by atoms with E-state index < -0.39 is 11.6 Å². The van der Waals surface area contributed by atoms with Crippen LogP contribution < -0.4 is 0 Å². The molecule has 0 fully saturated rings. The van der Waals surface area contributed by atoms with Crippen molar-refractivity contribution < 1.29 is 8.78 Å². The molecule has 0 heterocycles. The Labute approximate surface area is 128 Å². The molecule has 0 saturated carbocycles. The minimum absolute atomic E-state index is 0.0544. The zero-order valence-electron chi connectivity index (χ0n) is 10.3. The third-order valence-corrected chi connectivity index (χ3v) is 4.32. The lowest BCUT2D eigenvalue weighted by molar-refractivity contribution is 0.498. The van der Waals surface area contributed by atoms with E-state index in [0.29, 0.717) is 12.0 Å². The van der Waals surface area contributed by atoms with E-state index in [1.165, 1.54) is 6.07 Å². The van der Waals surface area contributed by atoms with Gasteiger partial charge in [0.1, 0.15) is 0 Å². The monoisotopic (exact) mass is 388 g/mol. The van der Waals surface area contributed by atoms with Crippen molar-refractivity contribution in [3.8, 4) is 0 Å². The summed E-state index contributed by atoms with van der Waals surface area (Å²) in [6, 6.07) is 10.2. The molecule has 0 aliphatic rings. The summed E-state index contributed by atoms with van der Waals surface area (Å²) in [4.78, 5) is -0.0544. The number of benzene rings is 2. The predicted molar refractivity (Wildman–Crippen MR) is 80.6 cm³/mol. The molecular weight excluding hydrogens is 378 g/mol. The molecule has 0 N–H and O–H groups in total. The van der Waals surface area contributed by atoms with Crippen molar-refractivity contribution in [1.29, 1.82) is 0 Å². The second kappa shape index (κ2) is 6.14. The van der Waals surface area contributed by atoms with E-state index in [2.05, 4.69) is 31.9 Å². The second-order valence-corrected chi connectivity index (χ2v) is 6.41. The molecule has 4 heteroatoms. The first-order chi connectivity index (χ1) is 8.99. The number of halogens is 4. The van der Waals surface area contributed by atoms with Crippen LogP contribution in [0.15, 0.2) is 40.9 Å². The van der Waals surface area contributed by atoms with Gasteiger partial charge in [0, 0.05) is 9.30 Å². The average molecular weight is 390 g/mol. The summed E-state index contributed by atoms with van der Waals surface area (Å²) in [6.07, 6.45) is 0.404. The van der Waals surface area contributed by atoms with Gasteiger partial charge in [0.05, 0.1) is 0 Å². The van der Waals surface area contributed by atoms with Crippen LogP contribution in [0.25, 0.3) is 0 Å². The van der Waals surface area contributed by atoms with E-state index >= 15 is 0 Å². The highest BCUT2D eigenvalue weighted by Crippen LogP contribution is 2.32. The molecule has 0 radical (unpaired) electrons. The molecule has 0 spiro atoms. The van der Waals surface area contributed by atoms with Crippen molar-refractivity contribution in [3.05, 3.63) is 69.2 Å². The van der Waals surface area contributed by atoms with E-state index in [1.807, 2.05) is 25.1 Å². The molecule has 100 valence electrons. The highest BCUT2D eigenvalue weighted by molar-refractivity contribution is 9.10. The maximum Gasteiger partial charge on any atom is 0.162 e. The number of rotatable bonds is 3. The Morgan fingerprint density at radius 3 is 2.63 bits per heavy atom. The van der Waals surface area contributed by atoms with Gasteiger partial charge in [-0.3, -0.25) is 0 Å². The van der Waals surface area contributed by atoms with Gasteiger partial charge in [-0.1, -0.05) is 50.1 Å². The quantitative estimate of drug-likeness (QED) is 0.589. The summed E-state index contributed by atoms with van der Waals surface area (Å²) in [7, 11) is 0. The SMILES string of the molecule is Cc1ccc(Br)cc1C(Br)Cc1cccc(F)c1F.